The van der Waals surface area contributed by atoms with Crippen molar-refractivity contribution in [3.05, 3.63) is 16.1 Å². The number of nitrogens with zero attached hydrogens (tertiary/aromatic N) is 2. The molecule has 0 fully saturated rings. The van der Waals surface area contributed by atoms with Crippen LogP contribution in [0, 0.1) is 6.92 Å². The van der Waals surface area contributed by atoms with Gasteiger partial charge in [0.2, 0.25) is 0 Å². The topological polar surface area (TPSA) is 53.4 Å². The van der Waals surface area contributed by atoms with Gasteiger partial charge in [0.05, 0.1) is 17.3 Å². The summed E-state index contributed by atoms with van der Waals surface area (Å²) in [5, 5.41) is 9.13. The minimum Gasteiger partial charge on any atom is -0.392 e. The molecule has 1 unspecified atom stereocenters. The lowest BCUT2D eigenvalue weighted by Gasteiger charge is -2.17. The van der Waals surface area contributed by atoms with E-state index in [-0.39, 0.29) is 5.91 Å². The van der Waals surface area contributed by atoms with Gasteiger partial charge < -0.3 is 10.0 Å². The summed E-state index contributed by atoms with van der Waals surface area (Å²) < 4.78 is 0. The summed E-state index contributed by atoms with van der Waals surface area (Å²) in [6.45, 7) is 3.80. The van der Waals surface area contributed by atoms with E-state index in [0.29, 0.717) is 11.4 Å². The first-order chi connectivity index (χ1) is 6.52. The minimum absolute atomic E-state index is 0.0779. The van der Waals surface area contributed by atoms with Crippen LogP contribution >= 0.6 is 11.3 Å². The second kappa shape index (κ2) is 4.52. The molecule has 0 aliphatic rings. The number of aliphatic hydroxyl groups is 1. The Morgan fingerprint density at radius 1 is 1.79 bits per heavy atom. The van der Waals surface area contributed by atoms with Crippen LogP contribution in [0.25, 0.3) is 0 Å². The molecule has 14 heavy (non-hydrogen) atoms. The van der Waals surface area contributed by atoms with Crippen LogP contribution in [0.3, 0.4) is 0 Å². The standard InChI is InChI=1S/C9H14N2O2S/c1-6(12)4-11(3)9(13)8-7(2)10-5-14-8/h5-6,12H,4H2,1-3H3. The normalized spacial score (nSPS) is 12.6. The molecule has 4 nitrogen and oxygen atoms in total. The third-order valence-corrected chi connectivity index (χ3v) is 2.74. The predicted molar refractivity (Wildman–Crippen MR) is 55.5 cm³/mol. The number of hydrogen-bond donors (Lipinski definition) is 1. The third kappa shape index (κ3) is 2.52. The molecule has 0 aromatic carbocycles. The molecule has 1 heterocycles. The molecule has 0 bridgehead atoms. The summed E-state index contributed by atoms with van der Waals surface area (Å²) in [6.07, 6.45) is -0.503. The van der Waals surface area contributed by atoms with Crippen molar-refractivity contribution in [1.29, 1.82) is 0 Å². The van der Waals surface area contributed by atoms with Gasteiger partial charge in [0, 0.05) is 13.6 Å². The van der Waals surface area contributed by atoms with Gasteiger partial charge in [0.1, 0.15) is 4.88 Å². The van der Waals surface area contributed by atoms with Crippen LogP contribution in [0.4, 0.5) is 0 Å². The number of rotatable bonds is 3. The van der Waals surface area contributed by atoms with E-state index in [2.05, 4.69) is 4.98 Å². The van der Waals surface area contributed by atoms with Crippen molar-refractivity contribution in [3.63, 3.8) is 0 Å². The number of hydrogen-bond acceptors (Lipinski definition) is 4. The molecular weight excluding hydrogens is 200 g/mol. The van der Waals surface area contributed by atoms with Crippen LogP contribution < -0.4 is 0 Å². The quantitative estimate of drug-likeness (QED) is 0.813. The molecule has 1 rings (SSSR count). The highest BCUT2D eigenvalue weighted by atomic mass is 32.1. The van der Waals surface area contributed by atoms with E-state index in [4.69, 9.17) is 5.11 Å². The maximum absolute atomic E-state index is 11.7. The van der Waals surface area contributed by atoms with Gasteiger partial charge in [0.25, 0.3) is 5.91 Å². The summed E-state index contributed by atoms with van der Waals surface area (Å²) in [5.41, 5.74) is 2.40. The first-order valence-electron chi connectivity index (χ1n) is 4.36. The lowest BCUT2D eigenvalue weighted by atomic mass is 10.3. The molecule has 78 valence electrons. The van der Waals surface area contributed by atoms with Crippen molar-refractivity contribution >= 4 is 17.2 Å². The molecule has 0 spiro atoms. The second-order valence-corrected chi connectivity index (χ2v) is 4.16. The van der Waals surface area contributed by atoms with E-state index in [9.17, 15) is 4.79 Å². The van der Waals surface area contributed by atoms with E-state index in [0.717, 1.165) is 5.69 Å². The Bertz CT molecular complexity index is 322. The smallest absolute Gasteiger partial charge is 0.265 e. The Morgan fingerprint density at radius 2 is 2.43 bits per heavy atom. The van der Waals surface area contributed by atoms with E-state index >= 15 is 0 Å². The van der Waals surface area contributed by atoms with Gasteiger partial charge in [-0.05, 0) is 13.8 Å². The molecule has 5 heteroatoms. The number of aromatic nitrogens is 1. The van der Waals surface area contributed by atoms with Crippen LogP contribution in [0.5, 0.6) is 0 Å². The Kier molecular flexibility index (Phi) is 3.60. The fraction of sp³-hybridized carbons (Fsp3) is 0.556. The monoisotopic (exact) mass is 214 g/mol. The molecular formula is C9H14N2O2S. The van der Waals surface area contributed by atoms with Gasteiger partial charge in [-0.3, -0.25) is 4.79 Å². The number of carbonyl (C=O) groups is 1. The van der Waals surface area contributed by atoms with Crippen LogP contribution in [0.15, 0.2) is 5.51 Å². The molecule has 1 N–H and O–H groups in total. The van der Waals surface area contributed by atoms with Crippen molar-refractivity contribution < 1.29 is 9.90 Å². The Morgan fingerprint density at radius 3 is 2.86 bits per heavy atom. The molecule has 1 amide bonds. The van der Waals surface area contributed by atoms with Gasteiger partial charge in [-0.2, -0.15) is 0 Å². The van der Waals surface area contributed by atoms with Crippen LogP contribution in [0.2, 0.25) is 0 Å². The number of aryl methyl sites for hydroxylation is 1. The largest absolute Gasteiger partial charge is 0.392 e. The molecule has 0 saturated heterocycles. The fourth-order valence-corrected chi connectivity index (χ4v) is 1.96. The summed E-state index contributed by atoms with van der Waals surface area (Å²) in [5.74, 6) is -0.0779. The van der Waals surface area contributed by atoms with E-state index in [1.54, 1.807) is 26.4 Å². The van der Waals surface area contributed by atoms with E-state index < -0.39 is 6.10 Å². The zero-order valence-electron chi connectivity index (χ0n) is 8.52. The summed E-state index contributed by atoms with van der Waals surface area (Å²) >= 11 is 1.33. The lowest BCUT2D eigenvalue weighted by Crippen LogP contribution is -2.32. The van der Waals surface area contributed by atoms with Crippen LogP contribution in [-0.4, -0.2) is 40.6 Å². The highest BCUT2D eigenvalue weighted by Gasteiger charge is 2.17. The number of aliphatic hydroxyl groups excluding tert-OH is 1. The molecule has 0 aliphatic heterocycles. The lowest BCUT2D eigenvalue weighted by molar-refractivity contribution is 0.0707. The molecule has 0 saturated carbocycles. The fourth-order valence-electron chi connectivity index (χ4n) is 1.16. The first kappa shape index (κ1) is 11.1. The highest BCUT2D eigenvalue weighted by Crippen LogP contribution is 2.14. The Balaban J connectivity index is 2.71. The Labute approximate surface area is 87.2 Å². The molecule has 0 aliphatic carbocycles. The summed E-state index contributed by atoms with van der Waals surface area (Å²) in [4.78, 5) is 17.9. The molecule has 1 aromatic rings. The number of likely N-dealkylation sites (N-methyl/N-ethyl adjacent to an activating group) is 1. The maximum atomic E-state index is 11.7. The van der Waals surface area contributed by atoms with Gasteiger partial charge >= 0.3 is 0 Å². The zero-order valence-corrected chi connectivity index (χ0v) is 9.34. The van der Waals surface area contributed by atoms with Gasteiger partial charge in [-0.15, -0.1) is 11.3 Å². The van der Waals surface area contributed by atoms with Crippen molar-refractivity contribution in [1.82, 2.24) is 9.88 Å². The maximum Gasteiger partial charge on any atom is 0.265 e. The molecule has 1 atom stereocenters. The van der Waals surface area contributed by atoms with Crippen molar-refractivity contribution in [2.24, 2.45) is 0 Å². The summed E-state index contributed by atoms with van der Waals surface area (Å²) in [6, 6.07) is 0. The van der Waals surface area contributed by atoms with Gasteiger partial charge in [-0.25, -0.2) is 4.98 Å². The van der Waals surface area contributed by atoms with Crippen molar-refractivity contribution in [3.8, 4) is 0 Å². The average molecular weight is 214 g/mol. The number of thiazole rings is 1. The van der Waals surface area contributed by atoms with Gasteiger partial charge in [-0.1, -0.05) is 0 Å². The molecule has 0 radical (unpaired) electrons. The number of amides is 1. The minimum atomic E-state index is -0.503. The zero-order chi connectivity index (χ0) is 10.7. The van der Waals surface area contributed by atoms with Crippen molar-refractivity contribution in [2.75, 3.05) is 13.6 Å². The van der Waals surface area contributed by atoms with Gasteiger partial charge in [0.15, 0.2) is 0 Å². The Hall–Kier alpha value is -0.940. The first-order valence-corrected chi connectivity index (χ1v) is 5.24. The second-order valence-electron chi connectivity index (χ2n) is 3.30. The average Bonchev–Trinajstić information content (AvgIpc) is 2.48. The highest BCUT2D eigenvalue weighted by molar-refractivity contribution is 7.11. The van der Waals surface area contributed by atoms with E-state index in [1.807, 2.05) is 0 Å². The molecule has 1 aromatic heterocycles. The third-order valence-electron chi connectivity index (χ3n) is 1.82. The number of carbonyl (C=O) groups excluding carboxylic acids is 1. The summed E-state index contributed by atoms with van der Waals surface area (Å²) in [7, 11) is 1.67. The SMILES string of the molecule is Cc1ncsc1C(=O)N(C)CC(C)O. The van der Waals surface area contributed by atoms with Crippen molar-refractivity contribution in [2.45, 2.75) is 20.0 Å². The van der Waals surface area contributed by atoms with Crippen LogP contribution in [0.1, 0.15) is 22.3 Å². The predicted octanol–water partition coefficient (Wildman–Crippen LogP) is 0.904. The van der Waals surface area contributed by atoms with E-state index in [1.165, 1.54) is 16.2 Å². The van der Waals surface area contributed by atoms with Crippen LogP contribution in [-0.2, 0) is 0 Å².